The number of carbonyl (C=O) groups excluding carboxylic acids is 1. The van der Waals surface area contributed by atoms with Crippen LogP contribution < -0.4 is 5.32 Å². The van der Waals surface area contributed by atoms with Gasteiger partial charge in [0.1, 0.15) is 0 Å². The van der Waals surface area contributed by atoms with Crippen molar-refractivity contribution in [2.24, 2.45) is 11.8 Å². The third-order valence-corrected chi connectivity index (χ3v) is 6.02. The van der Waals surface area contributed by atoms with Gasteiger partial charge in [-0.1, -0.05) is 25.7 Å². The number of rotatable bonds is 5. The first-order valence-corrected chi connectivity index (χ1v) is 9.31. The maximum Gasteiger partial charge on any atom is 0.310 e. The summed E-state index contributed by atoms with van der Waals surface area (Å²) in [6, 6.07) is 1.17. The molecular formula is C18H32N2O2. The van der Waals surface area contributed by atoms with Crippen molar-refractivity contribution in [2.45, 2.75) is 69.9 Å². The number of hydrogen-bond acceptors (Lipinski definition) is 4. The molecule has 3 rings (SSSR count). The van der Waals surface area contributed by atoms with Crippen LogP contribution >= 0.6 is 0 Å². The first kappa shape index (κ1) is 16.3. The molecular weight excluding hydrogens is 276 g/mol. The largest absolute Gasteiger partial charge is 0.469 e. The summed E-state index contributed by atoms with van der Waals surface area (Å²) in [4.78, 5) is 14.6. The highest BCUT2D eigenvalue weighted by molar-refractivity contribution is 5.72. The molecule has 0 aromatic carbocycles. The molecule has 1 aliphatic heterocycles. The summed E-state index contributed by atoms with van der Waals surface area (Å²) in [7, 11) is 1.52. The van der Waals surface area contributed by atoms with Crippen molar-refractivity contribution in [2.75, 3.05) is 26.7 Å². The average molecular weight is 308 g/mol. The molecule has 3 aliphatic rings. The summed E-state index contributed by atoms with van der Waals surface area (Å²) in [6.45, 7) is 3.15. The Kier molecular flexibility index (Phi) is 5.75. The molecule has 1 N–H and O–H groups in total. The van der Waals surface area contributed by atoms with Crippen LogP contribution in [-0.2, 0) is 9.53 Å². The highest BCUT2D eigenvalue weighted by atomic mass is 16.5. The molecule has 126 valence electrons. The Morgan fingerprint density at radius 1 is 1.09 bits per heavy atom. The molecule has 2 unspecified atom stereocenters. The van der Waals surface area contributed by atoms with E-state index in [0.29, 0.717) is 12.1 Å². The predicted octanol–water partition coefficient (Wildman–Crippen LogP) is 2.57. The number of nitrogens with zero attached hydrogens (tertiary/aromatic N) is 1. The van der Waals surface area contributed by atoms with Gasteiger partial charge < -0.3 is 10.1 Å². The molecule has 2 saturated carbocycles. The number of piperidine rings is 1. The molecule has 2 aliphatic carbocycles. The van der Waals surface area contributed by atoms with Crippen LogP contribution in [0.5, 0.6) is 0 Å². The maximum absolute atomic E-state index is 12.0. The first-order chi connectivity index (χ1) is 10.8. The molecule has 0 spiro atoms. The zero-order valence-electron chi connectivity index (χ0n) is 14.1. The average Bonchev–Trinajstić information content (AvgIpc) is 2.51. The Bertz CT molecular complexity index is 364. The molecule has 4 nitrogen and oxygen atoms in total. The van der Waals surface area contributed by atoms with Gasteiger partial charge in [0.2, 0.25) is 0 Å². The van der Waals surface area contributed by atoms with Crippen molar-refractivity contribution in [3.8, 4) is 0 Å². The zero-order valence-corrected chi connectivity index (χ0v) is 14.1. The van der Waals surface area contributed by atoms with Crippen LogP contribution in [0.25, 0.3) is 0 Å². The second-order valence-corrected chi connectivity index (χ2v) is 7.60. The smallest absolute Gasteiger partial charge is 0.310 e. The highest BCUT2D eigenvalue weighted by Crippen LogP contribution is 2.30. The van der Waals surface area contributed by atoms with Gasteiger partial charge in [-0.2, -0.15) is 0 Å². The summed E-state index contributed by atoms with van der Waals surface area (Å²) < 4.78 is 5.02. The molecule has 2 atom stereocenters. The SMILES string of the molecule is COC(=O)C1CC(NCC2CCCCC2)CN(C2CCC2)C1. The Balaban J connectivity index is 1.52. The van der Waals surface area contributed by atoms with E-state index in [1.54, 1.807) is 0 Å². The fraction of sp³-hybridized carbons (Fsp3) is 0.944. The number of nitrogens with one attached hydrogen (secondary N) is 1. The molecule has 4 heteroatoms. The van der Waals surface area contributed by atoms with Gasteiger partial charge in [-0.3, -0.25) is 9.69 Å². The van der Waals surface area contributed by atoms with Crippen molar-refractivity contribution < 1.29 is 9.53 Å². The van der Waals surface area contributed by atoms with Gasteiger partial charge >= 0.3 is 5.97 Å². The minimum absolute atomic E-state index is 0.0199. The molecule has 0 aromatic rings. The maximum atomic E-state index is 12.0. The molecule has 0 aromatic heterocycles. The Morgan fingerprint density at radius 2 is 1.86 bits per heavy atom. The third kappa shape index (κ3) is 4.02. The van der Waals surface area contributed by atoms with Crippen molar-refractivity contribution in [3.05, 3.63) is 0 Å². The van der Waals surface area contributed by atoms with E-state index in [-0.39, 0.29) is 11.9 Å². The second-order valence-electron chi connectivity index (χ2n) is 7.60. The second kappa shape index (κ2) is 7.78. The van der Waals surface area contributed by atoms with Gasteiger partial charge in [0.15, 0.2) is 0 Å². The normalized spacial score (nSPS) is 31.7. The van der Waals surface area contributed by atoms with Crippen LogP contribution in [0.15, 0.2) is 0 Å². The lowest BCUT2D eigenvalue weighted by Gasteiger charge is -2.45. The summed E-state index contributed by atoms with van der Waals surface area (Å²) in [5, 5.41) is 3.78. The Labute approximate surface area is 135 Å². The highest BCUT2D eigenvalue weighted by Gasteiger charge is 2.36. The molecule has 22 heavy (non-hydrogen) atoms. The molecule has 1 saturated heterocycles. The Morgan fingerprint density at radius 3 is 2.50 bits per heavy atom. The predicted molar refractivity (Wildman–Crippen MR) is 87.7 cm³/mol. The topological polar surface area (TPSA) is 41.6 Å². The van der Waals surface area contributed by atoms with Crippen LogP contribution in [0, 0.1) is 11.8 Å². The van der Waals surface area contributed by atoms with E-state index in [4.69, 9.17) is 4.74 Å². The van der Waals surface area contributed by atoms with E-state index in [1.807, 2.05) is 0 Å². The summed E-state index contributed by atoms with van der Waals surface area (Å²) in [5.41, 5.74) is 0. The lowest BCUT2D eigenvalue weighted by atomic mass is 9.85. The molecule has 0 amide bonds. The van der Waals surface area contributed by atoms with Crippen molar-refractivity contribution in [3.63, 3.8) is 0 Å². The first-order valence-electron chi connectivity index (χ1n) is 9.31. The van der Waals surface area contributed by atoms with Crippen LogP contribution in [0.2, 0.25) is 0 Å². The summed E-state index contributed by atoms with van der Waals surface area (Å²) in [5.74, 6) is 0.890. The lowest BCUT2D eigenvalue weighted by molar-refractivity contribution is -0.148. The Hall–Kier alpha value is -0.610. The lowest BCUT2D eigenvalue weighted by Crippen LogP contribution is -2.56. The summed E-state index contributed by atoms with van der Waals surface area (Å²) >= 11 is 0. The van der Waals surface area contributed by atoms with Gasteiger partial charge in [0.25, 0.3) is 0 Å². The zero-order chi connectivity index (χ0) is 15.4. The van der Waals surface area contributed by atoms with Gasteiger partial charge in [-0.25, -0.2) is 0 Å². The van der Waals surface area contributed by atoms with Gasteiger partial charge in [0, 0.05) is 25.2 Å². The molecule has 3 fully saturated rings. The fourth-order valence-corrected chi connectivity index (χ4v) is 4.39. The molecule has 0 bridgehead atoms. The van der Waals surface area contributed by atoms with E-state index in [2.05, 4.69) is 10.2 Å². The number of likely N-dealkylation sites (tertiary alicyclic amines) is 1. The van der Waals surface area contributed by atoms with Crippen molar-refractivity contribution >= 4 is 5.97 Å². The monoisotopic (exact) mass is 308 g/mol. The van der Waals surface area contributed by atoms with Crippen molar-refractivity contribution in [1.29, 1.82) is 0 Å². The quantitative estimate of drug-likeness (QED) is 0.793. The molecule has 0 radical (unpaired) electrons. The summed E-state index contributed by atoms with van der Waals surface area (Å²) in [6.07, 6.45) is 11.9. The number of hydrogen-bond donors (Lipinski definition) is 1. The van der Waals surface area contributed by atoms with Crippen molar-refractivity contribution in [1.82, 2.24) is 10.2 Å². The van der Waals surface area contributed by atoms with E-state index < -0.39 is 0 Å². The number of esters is 1. The van der Waals surface area contributed by atoms with E-state index in [1.165, 1.54) is 58.5 Å². The standard InChI is InChI=1S/C18H32N2O2/c1-22-18(21)15-10-16(13-20(12-15)17-8-5-9-17)19-11-14-6-3-2-4-7-14/h14-17,19H,2-13H2,1H3. The fourth-order valence-electron chi connectivity index (χ4n) is 4.39. The van der Waals surface area contributed by atoms with Gasteiger partial charge in [-0.15, -0.1) is 0 Å². The number of ether oxygens (including phenoxy) is 1. The van der Waals surface area contributed by atoms with Crippen LogP contribution in [-0.4, -0.2) is 49.7 Å². The minimum atomic E-state index is -0.0199. The van der Waals surface area contributed by atoms with Gasteiger partial charge in [0.05, 0.1) is 13.0 Å². The van der Waals surface area contributed by atoms with Crippen LogP contribution in [0.1, 0.15) is 57.8 Å². The third-order valence-electron chi connectivity index (χ3n) is 6.02. The van der Waals surface area contributed by atoms with E-state index in [0.717, 1.165) is 32.0 Å². The van der Waals surface area contributed by atoms with Gasteiger partial charge in [-0.05, 0) is 44.6 Å². The van der Waals surface area contributed by atoms with Crippen LogP contribution in [0.3, 0.4) is 0 Å². The number of carbonyl (C=O) groups is 1. The minimum Gasteiger partial charge on any atom is -0.469 e. The van der Waals surface area contributed by atoms with Crippen LogP contribution in [0.4, 0.5) is 0 Å². The van der Waals surface area contributed by atoms with E-state index in [9.17, 15) is 4.79 Å². The number of methoxy groups -OCH3 is 1. The van der Waals surface area contributed by atoms with E-state index >= 15 is 0 Å². The molecule has 1 heterocycles.